The van der Waals surface area contributed by atoms with Gasteiger partial charge in [-0.15, -0.1) is 0 Å². The van der Waals surface area contributed by atoms with Crippen LogP contribution in [0.15, 0.2) is 24.5 Å². The van der Waals surface area contributed by atoms with Gasteiger partial charge in [0.15, 0.2) is 0 Å². The van der Waals surface area contributed by atoms with E-state index in [1.165, 1.54) is 0 Å². The molecule has 3 rings (SSSR count). The number of carboxylic acids is 1. The molecule has 0 unspecified atom stereocenters. The van der Waals surface area contributed by atoms with Crippen LogP contribution < -0.4 is 0 Å². The fourth-order valence-electron chi connectivity index (χ4n) is 2.77. The molecule has 3 heterocycles. The molecule has 0 saturated carbocycles. The Morgan fingerprint density at radius 3 is 2.81 bits per heavy atom. The second kappa shape index (κ2) is 5.83. The van der Waals surface area contributed by atoms with Gasteiger partial charge >= 0.3 is 5.97 Å². The van der Waals surface area contributed by atoms with Gasteiger partial charge in [-0.3, -0.25) is 0 Å². The van der Waals surface area contributed by atoms with E-state index in [0.717, 1.165) is 45.0 Å². The third kappa shape index (κ3) is 2.91. The Bertz CT molecular complexity index is 644. The predicted molar refractivity (Wildman–Crippen MR) is 79.8 cm³/mol. The molecule has 1 N–H and O–H groups in total. The SMILES string of the molecule is CN1CCN(CCc2ncc3c(C(=O)O)cccn23)CC1. The Balaban J connectivity index is 1.73. The number of piperazine rings is 1. The maximum Gasteiger partial charge on any atom is 0.337 e. The first-order valence-electron chi connectivity index (χ1n) is 7.24. The molecule has 0 spiro atoms. The van der Waals surface area contributed by atoms with E-state index >= 15 is 0 Å². The molecule has 2 aromatic heterocycles. The fraction of sp³-hybridized carbons (Fsp3) is 0.467. The Morgan fingerprint density at radius 1 is 1.33 bits per heavy atom. The lowest BCUT2D eigenvalue weighted by atomic mass is 10.2. The van der Waals surface area contributed by atoms with Crippen molar-refractivity contribution in [2.24, 2.45) is 0 Å². The predicted octanol–water partition coefficient (Wildman–Crippen LogP) is 0.822. The summed E-state index contributed by atoms with van der Waals surface area (Å²) in [6, 6.07) is 3.38. The third-order valence-electron chi connectivity index (χ3n) is 4.13. The average molecular weight is 288 g/mol. The maximum absolute atomic E-state index is 11.2. The van der Waals surface area contributed by atoms with E-state index in [-0.39, 0.29) is 0 Å². The molecule has 1 saturated heterocycles. The van der Waals surface area contributed by atoms with Crippen LogP contribution in [0.2, 0.25) is 0 Å². The molecule has 112 valence electrons. The standard InChI is InChI=1S/C15H20N4O2/c1-17-7-9-18(10-8-17)6-4-14-16-11-13-12(15(20)21)3-2-5-19(13)14/h2-3,5,11H,4,6-10H2,1H3,(H,20,21). The molecule has 6 nitrogen and oxygen atoms in total. The van der Waals surface area contributed by atoms with Gasteiger partial charge in [0.25, 0.3) is 0 Å². The number of fused-ring (bicyclic) bond motifs is 1. The highest BCUT2D eigenvalue weighted by Crippen LogP contribution is 2.14. The number of hydrogen-bond acceptors (Lipinski definition) is 4. The van der Waals surface area contributed by atoms with Gasteiger partial charge in [0, 0.05) is 45.3 Å². The number of imidazole rings is 1. The van der Waals surface area contributed by atoms with E-state index in [2.05, 4.69) is 21.8 Å². The van der Waals surface area contributed by atoms with Gasteiger partial charge in [0.2, 0.25) is 0 Å². The Morgan fingerprint density at radius 2 is 2.10 bits per heavy atom. The van der Waals surface area contributed by atoms with Crippen LogP contribution in [0.4, 0.5) is 0 Å². The minimum atomic E-state index is -0.911. The van der Waals surface area contributed by atoms with Crippen molar-refractivity contribution in [2.75, 3.05) is 39.8 Å². The van der Waals surface area contributed by atoms with Crippen LogP contribution in [0.5, 0.6) is 0 Å². The molecule has 6 heteroatoms. The summed E-state index contributed by atoms with van der Waals surface area (Å²) >= 11 is 0. The van der Waals surface area contributed by atoms with E-state index in [0.29, 0.717) is 11.1 Å². The number of rotatable bonds is 4. The lowest BCUT2D eigenvalue weighted by Gasteiger charge is -2.32. The Kier molecular flexibility index (Phi) is 3.90. The van der Waals surface area contributed by atoms with Crippen LogP contribution in [0.25, 0.3) is 5.52 Å². The first-order valence-corrected chi connectivity index (χ1v) is 7.24. The minimum Gasteiger partial charge on any atom is -0.478 e. The van der Waals surface area contributed by atoms with Gasteiger partial charge < -0.3 is 19.3 Å². The minimum absolute atomic E-state index is 0.302. The zero-order valence-corrected chi connectivity index (χ0v) is 12.2. The number of carboxylic acid groups (broad SMARTS) is 1. The van der Waals surface area contributed by atoms with E-state index in [4.69, 9.17) is 0 Å². The van der Waals surface area contributed by atoms with E-state index in [9.17, 15) is 9.90 Å². The van der Waals surface area contributed by atoms with Crippen molar-refractivity contribution < 1.29 is 9.90 Å². The second-order valence-corrected chi connectivity index (χ2v) is 5.55. The van der Waals surface area contributed by atoms with Gasteiger partial charge in [-0.25, -0.2) is 9.78 Å². The van der Waals surface area contributed by atoms with Crippen LogP contribution in [-0.2, 0) is 6.42 Å². The van der Waals surface area contributed by atoms with Crippen molar-refractivity contribution in [3.63, 3.8) is 0 Å². The number of nitrogens with zero attached hydrogens (tertiary/aromatic N) is 4. The lowest BCUT2D eigenvalue weighted by molar-refractivity contribution is 0.0698. The van der Waals surface area contributed by atoms with Crippen molar-refractivity contribution in [3.8, 4) is 0 Å². The first-order chi connectivity index (χ1) is 10.1. The van der Waals surface area contributed by atoms with Crippen LogP contribution in [0.1, 0.15) is 16.2 Å². The molecule has 1 fully saturated rings. The number of hydrogen-bond donors (Lipinski definition) is 1. The third-order valence-corrected chi connectivity index (χ3v) is 4.13. The second-order valence-electron chi connectivity index (χ2n) is 5.55. The monoisotopic (exact) mass is 288 g/mol. The first kappa shape index (κ1) is 14.0. The van der Waals surface area contributed by atoms with Gasteiger partial charge in [-0.2, -0.15) is 0 Å². The lowest BCUT2D eigenvalue weighted by Crippen LogP contribution is -2.45. The summed E-state index contributed by atoms with van der Waals surface area (Å²) in [7, 11) is 2.15. The largest absolute Gasteiger partial charge is 0.478 e. The molecule has 0 aliphatic carbocycles. The van der Waals surface area contributed by atoms with Gasteiger partial charge in [0.05, 0.1) is 17.3 Å². The molecule has 1 aliphatic heterocycles. The van der Waals surface area contributed by atoms with Crippen molar-refractivity contribution >= 4 is 11.5 Å². The molecule has 0 atom stereocenters. The summed E-state index contributed by atoms with van der Waals surface area (Å²) in [5.41, 5.74) is 0.967. The van der Waals surface area contributed by atoms with E-state index < -0.39 is 5.97 Å². The van der Waals surface area contributed by atoms with E-state index in [1.807, 2.05) is 10.6 Å². The molecular weight excluding hydrogens is 268 g/mol. The molecular formula is C15H20N4O2. The normalized spacial score (nSPS) is 17.4. The molecule has 2 aromatic rings. The number of likely N-dealkylation sites (N-methyl/N-ethyl adjacent to an activating group) is 1. The van der Waals surface area contributed by atoms with Gasteiger partial charge in [0.1, 0.15) is 5.82 Å². The highest BCUT2D eigenvalue weighted by molar-refractivity contribution is 5.95. The molecule has 0 radical (unpaired) electrons. The number of aromatic nitrogens is 2. The fourth-order valence-corrected chi connectivity index (χ4v) is 2.77. The molecule has 21 heavy (non-hydrogen) atoms. The summed E-state index contributed by atoms with van der Waals surface area (Å²) in [4.78, 5) is 20.4. The van der Waals surface area contributed by atoms with Crippen LogP contribution >= 0.6 is 0 Å². The van der Waals surface area contributed by atoms with Gasteiger partial charge in [-0.1, -0.05) is 0 Å². The van der Waals surface area contributed by atoms with E-state index in [1.54, 1.807) is 18.3 Å². The molecule has 1 aliphatic rings. The summed E-state index contributed by atoms with van der Waals surface area (Å²) in [6.45, 7) is 5.33. The number of carbonyl (C=O) groups is 1. The van der Waals surface area contributed by atoms with Crippen LogP contribution in [0.3, 0.4) is 0 Å². The summed E-state index contributed by atoms with van der Waals surface area (Å²) in [6.07, 6.45) is 4.37. The molecule has 0 amide bonds. The molecule has 0 bridgehead atoms. The van der Waals surface area contributed by atoms with Gasteiger partial charge in [-0.05, 0) is 19.2 Å². The van der Waals surface area contributed by atoms with Crippen molar-refractivity contribution in [1.82, 2.24) is 19.2 Å². The zero-order chi connectivity index (χ0) is 14.8. The Hall–Kier alpha value is -1.92. The highest BCUT2D eigenvalue weighted by atomic mass is 16.4. The highest BCUT2D eigenvalue weighted by Gasteiger charge is 2.15. The Labute approximate surface area is 123 Å². The smallest absolute Gasteiger partial charge is 0.337 e. The molecule has 0 aromatic carbocycles. The van der Waals surface area contributed by atoms with Crippen molar-refractivity contribution in [3.05, 3.63) is 35.9 Å². The van der Waals surface area contributed by atoms with Crippen molar-refractivity contribution in [1.29, 1.82) is 0 Å². The number of pyridine rings is 1. The summed E-state index contributed by atoms with van der Waals surface area (Å²) in [5.74, 6) is 0.0122. The summed E-state index contributed by atoms with van der Waals surface area (Å²) in [5, 5.41) is 9.20. The quantitative estimate of drug-likeness (QED) is 0.902. The summed E-state index contributed by atoms with van der Waals surface area (Å²) < 4.78 is 1.89. The maximum atomic E-state index is 11.2. The van der Waals surface area contributed by atoms with Crippen molar-refractivity contribution in [2.45, 2.75) is 6.42 Å². The van der Waals surface area contributed by atoms with Crippen LogP contribution in [-0.4, -0.2) is 70.0 Å². The number of aromatic carboxylic acids is 1. The average Bonchev–Trinajstić information content (AvgIpc) is 2.89. The topological polar surface area (TPSA) is 61.1 Å². The van der Waals surface area contributed by atoms with Crippen LogP contribution in [0, 0.1) is 0 Å². The zero-order valence-electron chi connectivity index (χ0n) is 12.2.